The fourth-order valence-electron chi connectivity index (χ4n) is 1.76. The summed E-state index contributed by atoms with van der Waals surface area (Å²) in [6, 6.07) is 4.85. The lowest BCUT2D eigenvalue weighted by atomic mass is 10.1. The van der Waals surface area contributed by atoms with Crippen LogP contribution in [0.25, 0.3) is 0 Å². The van der Waals surface area contributed by atoms with Crippen molar-refractivity contribution in [1.29, 1.82) is 0 Å². The number of hydrogen-bond acceptors (Lipinski definition) is 2. The van der Waals surface area contributed by atoms with Crippen molar-refractivity contribution < 1.29 is 9.59 Å². The van der Waals surface area contributed by atoms with Gasteiger partial charge in [0.15, 0.2) is 0 Å². The molecule has 3 N–H and O–H groups in total. The molecule has 0 aliphatic carbocycles. The SMILES string of the molecule is CC(C)(C)NC(=O)CNC(=O)NCCc1cc(Cl)cc(Cl)c1. The molecule has 0 radical (unpaired) electrons. The van der Waals surface area contributed by atoms with Gasteiger partial charge in [0.05, 0.1) is 6.54 Å². The van der Waals surface area contributed by atoms with E-state index in [2.05, 4.69) is 16.0 Å². The predicted molar refractivity (Wildman–Crippen MR) is 89.5 cm³/mol. The summed E-state index contributed by atoms with van der Waals surface area (Å²) < 4.78 is 0. The molecular weight excluding hydrogens is 325 g/mol. The Kier molecular flexibility index (Phi) is 6.97. The lowest BCUT2D eigenvalue weighted by Gasteiger charge is -2.20. The van der Waals surface area contributed by atoms with E-state index in [1.54, 1.807) is 18.2 Å². The first-order chi connectivity index (χ1) is 10.2. The van der Waals surface area contributed by atoms with E-state index in [0.29, 0.717) is 23.0 Å². The number of carbonyl (C=O) groups is 2. The molecule has 22 heavy (non-hydrogen) atoms. The van der Waals surface area contributed by atoms with Gasteiger partial charge in [-0.1, -0.05) is 23.2 Å². The van der Waals surface area contributed by atoms with Crippen LogP contribution in [0.2, 0.25) is 10.0 Å². The summed E-state index contributed by atoms with van der Waals surface area (Å²) >= 11 is 11.8. The van der Waals surface area contributed by atoms with E-state index in [4.69, 9.17) is 23.2 Å². The average Bonchev–Trinajstić information content (AvgIpc) is 2.33. The van der Waals surface area contributed by atoms with Crippen LogP contribution in [0.4, 0.5) is 4.79 Å². The Labute approximate surface area is 140 Å². The van der Waals surface area contributed by atoms with Gasteiger partial charge in [-0.05, 0) is 51.0 Å². The Bertz CT molecular complexity index is 522. The summed E-state index contributed by atoms with van der Waals surface area (Å²) in [5.41, 5.74) is 0.615. The molecule has 0 aromatic heterocycles. The largest absolute Gasteiger partial charge is 0.350 e. The quantitative estimate of drug-likeness (QED) is 0.767. The van der Waals surface area contributed by atoms with E-state index in [0.717, 1.165) is 5.56 Å². The van der Waals surface area contributed by atoms with Crippen LogP contribution in [0.15, 0.2) is 18.2 Å². The number of nitrogens with one attached hydrogen (secondary N) is 3. The molecule has 0 fully saturated rings. The molecule has 0 bridgehead atoms. The second kappa shape index (κ2) is 8.25. The van der Waals surface area contributed by atoms with Crippen molar-refractivity contribution in [3.05, 3.63) is 33.8 Å². The maximum absolute atomic E-state index is 11.6. The van der Waals surface area contributed by atoms with Gasteiger partial charge in [-0.3, -0.25) is 4.79 Å². The zero-order chi connectivity index (χ0) is 16.8. The number of halogens is 2. The topological polar surface area (TPSA) is 70.2 Å². The zero-order valence-corrected chi connectivity index (χ0v) is 14.4. The van der Waals surface area contributed by atoms with Crippen molar-refractivity contribution in [3.63, 3.8) is 0 Å². The second-order valence-corrected chi connectivity index (χ2v) is 6.81. The average molecular weight is 346 g/mol. The smallest absolute Gasteiger partial charge is 0.315 e. The monoisotopic (exact) mass is 345 g/mol. The van der Waals surface area contributed by atoms with Crippen LogP contribution in [0, 0.1) is 0 Å². The van der Waals surface area contributed by atoms with E-state index >= 15 is 0 Å². The lowest BCUT2D eigenvalue weighted by Crippen LogP contribution is -2.47. The van der Waals surface area contributed by atoms with Crippen LogP contribution >= 0.6 is 23.2 Å². The molecule has 3 amide bonds. The normalized spacial score (nSPS) is 11.0. The molecule has 1 aromatic rings. The summed E-state index contributed by atoms with van der Waals surface area (Å²) in [5.74, 6) is -0.232. The van der Waals surface area contributed by atoms with Crippen LogP contribution in [0.1, 0.15) is 26.3 Å². The highest BCUT2D eigenvalue weighted by Gasteiger charge is 2.13. The van der Waals surface area contributed by atoms with Crippen LogP contribution in [-0.2, 0) is 11.2 Å². The molecule has 0 heterocycles. The van der Waals surface area contributed by atoms with Gasteiger partial charge in [0.1, 0.15) is 0 Å². The molecule has 5 nitrogen and oxygen atoms in total. The summed E-state index contributed by atoms with van der Waals surface area (Å²) in [6.45, 7) is 5.98. The Morgan fingerprint density at radius 1 is 1.05 bits per heavy atom. The van der Waals surface area contributed by atoms with Crippen molar-refractivity contribution in [3.8, 4) is 0 Å². The van der Waals surface area contributed by atoms with E-state index in [1.165, 1.54) is 0 Å². The molecule has 0 atom stereocenters. The Balaban J connectivity index is 2.27. The highest BCUT2D eigenvalue weighted by atomic mass is 35.5. The molecule has 0 saturated heterocycles. The molecule has 0 unspecified atom stereocenters. The molecule has 1 rings (SSSR count). The summed E-state index contributed by atoms with van der Waals surface area (Å²) in [5, 5.41) is 9.05. The number of benzene rings is 1. The molecule has 0 aliphatic rings. The molecule has 122 valence electrons. The van der Waals surface area contributed by atoms with Crippen molar-refractivity contribution in [2.75, 3.05) is 13.1 Å². The summed E-state index contributed by atoms with van der Waals surface area (Å²) in [7, 11) is 0. The number of hydrogen-bond donors (Lipinski definition) is 3. The zero-order valence-electron chi connectivity index (χ0n) is 12.9. The number of urea groups is 1. The maximum Gasteiger partial charge on any atom is 0.315 e. The first kappa shape index (κ1) is 18.6. The fraction of sp³-hybridized carbons (Fsp3) is 0.467. The summed E-state index contributed by atoms with van der Waals surface area (Å²) in [4.78, 5) is 23.1. The standard InChI is InChI=1S/C15H21Cl2N3O2/c1-15(2,3)20-13(21)9-19-14(22)18-5-4-10-6-11(16)8-12(17)7-10/h6-8H,4-5,9H2,1-3H3,(H,20,21)(H2,18,19,22). The number of carbonyl (C=O) groups excluding carboxylic acids is 2. The molecule has 0 saturated carbocycles. The van der Waals surface area contributed by atoms with Gasteiger partial charge < -0.3 is 16.0 Å². The van der Waals surface area contributed by atoms with Gasteiger partial charge in [-0.25, -0.2) is 4.79 Å². The van der Waals surface area contributed by atoms with Gasteiger partial charge in [0, 0.05) is 22.1 Å². The minimum Gasteiger partial charge on any atom is -0.350 e. The van der Waals surface area contributed by atoms with Gasteiger partial charge in [0.2, 0.25) is 5.91 Å². The third-order valence-electron chi connectivity index (χ3n) is 2.55. The summed E-state index contributed by atoms with van der Waals surface area (Å²) in [6.07, 6.45) is 0.599. The van der Waals surface area contributed by atoms with Crippen LogP contribution in [0.5, 0.6) is 0 Å². The Hall–Kier alpha value is -1.46. The van der Waals surface area contributed by atoms with Crippen molar-refractivity contribution in [1.82, 2.24) is 16.0 Å². The van der Waals surface area contributed by atoms with Gasteiger partial charge in [0.25, 0.3) is 0 Å². The number of amides is 3. The van der Waals surface area contributed by atoms with Crippen LogP contribution < -0.4 is 16.0 Å². The first-order valence-electron chi connectivity index (χ1n) is 6.93. The minimum atomic E-state index is -0.391. The highest BCUT2D eigenvalue weighted by Crippen LogP contribution is 2.19. The van der Waals surface area contributed by atoms with Crippen molar-refractivity contribution in [2.24, 2.45) is 0 Å². The van der Waals surface area contributed by atoms with Gasteiger partial charge >= 0.3 is 6.03 Å². The van der Waals surface area contributed by atoms with Gasteiger partial charge in [-0.15, -0.1) is 0 Å². The van der Waals surface area contributed by atoms with E-state index in [-0.39, 0.29) is 18.0 Å². The fourth-order valence-corrected chi connectivity index (χ4v) is 2.33. The van der Waals surface area contributed by atoms with Gasteiger partial charge in [-0.2, -0.15) is 0 Å². The number of rotatable bonds is 5. The molecule has 7 heteroatoms. The molecule has 1 aromatic carbocycles. The third-order valence-corrected chi connectivity index (χ3v) is 2.98. The van der Waals surface area contributed by atoms with Crippen LogP contribution in [0.3, 0.4) is 0 Å². The predicted octanol–water partition coefficient (Wildman–Crippen LogP) is 2.75. The van der Waals surface area contributed by atoms with Crippen molar-refractivity contribution in [2.45, 2.75) is 32.7 Å². The lowest BCUT2D eigenvalue weighted by molar-refractivity contribution is -0.121. The first-order valence-corrected chi connectivity index (χ1v) is 7.69. The Morgan fingerprint density at radius 2 is 1.64 bits per heavy atom. The molecule has 0 aliphatic heterocycles. The Morgan fingerprint density at radius 3 is 2.18 bits per heavy atom. The minimum absolute atomic E-state index is 0.0634. The second-order valence-electron chi connectivity index (χ2n) is 5.94. The molecular formula is C15H21Cl2N3O2. The third kappa shape index (κ3) is 8.10. The highest BCUT2D eigenvalue weighted by molar-refractivity contribution is 6.34. The van der Waals surface area contributed by atoms with E-state index in [1.807, 2.05) is 20.8 Å². The van der Waals surface area contributed by atoms with Crippen molar-refractivity contribution >= 4 is 35.1 Å². The van der Waals surface area contributed by atoms with E-state index < -0.39 is 6.03 Å². The maximum atomic E-state index is 11.6. The van der Waals surface area contributed by atoms with Crippen LogP contribution in [-0.4, -0.2) is 30.6 Å². The van der Waals surface area contributed by atoms with E-state index in [9.17, 15) is 9.59 Å². The molecule has 0 spiro atoms.